The molecular formula is C27H46N8O3Si. The largest absolute Gasteiger partial charge is 0.361 e. The predicted octanol–water partition coefficient (Wildman–Crippen LogP) is 2.60. The van der Waals surface area contributed by atoms with Gasteiger partial charge >= 0.3 is 5.69 Å². The van der Waals surface area contributed by atoms with Crippen molar-refractivity contribution >= 4 is 19.2 Å². The number of hydrogen-bond donors (Lipinski definition) is 0. The molecule has 12 heteroatoms. The van der Waals surface area contributed by atoms with Gasteiger partial charge in [-0.3, -0.25) is 28.1 Å². The van der Waals surface area contributed by atoms with Gasteiger partial charge in [0.15, 0.2) is 11.2 Å². The molecule has 0 N–H and O–H groups in total. The van der Waals surface area contributed by atoms with E-state index in [1.54, 1.807) is 10.8 Å². The first-order chi connectivity index (χ1) is 18.6. The molecule has 11 nitrogen and oxygen atoms in total. The molecule has 0 amide bonds. The summed E-state index contributed by atoms with van der Waals surface area (Å²) in [6.45, 7) is 18.6. The van der Waals surface area contributed by atoms with E-state index in [0.717, 1.165) is 57.3 Å². The van der Waals surface area contributed by atoms with E-state index >= 15 is 0 Å². The molecule has 0 atom stereocenters. The molecular weight excluding hydrogens is 512 g/mol. The van der Waals surface area contributed by atoms with Gasteiger partial charge < -0.3 is 9.64 Å². The van der Waals surface area contributed by atoms with Crippen LogP contribution in [0.3, 0.4) is 0 Å². The zero-order chi connectivity index (χ0) is 28.2. The standard InChI is InChI=1S/C27H46N8O3Si/c1-7-9-33-25-23(26(36)34(10-8-2)27(33)37)35(21-38-17-18-39(4,5)6)24(29-25)22-19-28-32(20-22)16-15-31-13-11-30(3)12-14-31/h19-20H,7-18,21H2,1-6H3. The molecule has 39 heavy (non-hydrogen) atoms. The Morgan fingerprint density at radius 3 is 2.28 bits per heavy atom. The van der Waals surface area contributed by atoms with Crippen LogP contribution in [-0.2, 0) is 31.1 Å². The van der Waals surface area contributed by atoms with E-state index in [4.69, 9.17) is 9.72 Å². The van der Waals surface area contributed by atoms with E-state index in [-0.39, 0.29) is 18.0 Å². The molecule has 0 aromatic carbocycles. The van der Waals surface area contributed by atoms with Gasteiger partial charge in [0.05, 0.1) is 18.3 Å². The molecule has 0 radical (unpaired) electrons. The van der Waals surface area contributed by atoms with Gasteiger partial charge in [0.25, 0.3) is 5.56 Å². The van der Waals surface area contributed by atoms with Crippen molar-refractivity contribution in [2.24, 2.45) is 0 Å². The number of likely N-dealkylation sites (N-methyl/N-ethyl adjacent to an activating group) is 1. The number of aryl methyl sites for hydroxylation is 1. The van der Waals surface area contributed by atoms with Crippen LogP contribution in [0.2, 0.25) is 25.7 Å². The van der Waals surface area contributed by atoms with Crippen LogP contribution in [0.5, 0.6) is 0 Å². The first-order valence-corrected chi connectivity index (χ1v) is 18.1. The number of imidazole rings is 1. The SMILES string of the molecule is CCCn1c(=O)c2c(nc(-c3cnn(CCN4CCN(C)CC4)c3)n2COCC[Si](C)(C)C)n(CCC)c1=O. The number of fused-ring (bicyclic) bond motifs is 1. The Morgan fingerprint density at radius 1 is 0.923 bits per heavy atom. The van der Waals surface area contributed by atoms with Crippen LogP contribution in [0.1, 0.15) is 26.7 Å². The van der Waals surface area contributed by atoms with Crippen LogP contribution < -0.4 is 11.2 Å². The molecule has 1 fully saturated rings. The second-order valence-corrected chi connectivity index (χ2v) is 17.5. The average molecular weight is 559 g/mol. The third kappa shape index (κ3) is 6.97. The van der Waals surface area contributed by atoms with Gasteiger partial charge in [-0.1, -0.05) is 33.5 Å². The summed E-state index contributed by atoms with van der Waals surface area (Å²) in [5, 5.41) is 4.62. The topological polar surface area (TPSA) is 95.3 Å². The molecule has 0 aliphatic carbocycles. The fraction of sp³-hybridized carbons (Fsp3) is 0.704. The number of ether oxygens (including phenoxy) is 1. The van der Waals surface area contributed by atoms with Gasteiger partial charge in [0, 0.05) is 66.7 Å². The lowest BCUT2D eigenvalue weighted by atomic mass is 10.3. The minimum absolute atomic E-state index is 0.203. The predicted molar refractivity (Wildman–Crippen MR) is 158 cm³/mol. The van der Waals surface area contributed by atoms with E-state index in [2.05, 4.69) is 41.6 Å². The van der Waals surface area contributed by atoms with Gasteiger partial charge in [-0.2, -0.15) is 5.10 Å². The summed E-state index contributed by atoms with van der Waals surface area (Å²) in [6, 6.07) is 1.03. The van der Waals surface area contributed by atoms with Crippen molar-refractivity contribution in [1.82, 2.24) is 38.3 Å². The molecule has 0 bridgehead atoms. The summed E-state index contributed by atoms with van der Waals surface area (Å²) >= 11 is 0. The first kappa shape index (κ1) is 29.4. The Balaban J connectivity index is 1.71. The summed E-state index contributed by atoms with van der Waals surface area (Å²) in [6.07, 6.45) is 5.25. The minimum Gasteiger partial charge on any atom is -0.361 e. The summed E-state index contributed by atoms with van der Waals surface area (Å²) < 4.78 is 12.9. The molecule has 4 heterocycles. The minimum atomic E-state index is -1.27. The molecule has 1 aliphatic heterocycles. The van der Waals surface area contributed by atoms with Crippen molar-refractivity contribution in [2.75, 3.05) is 46.4 Å². The van der Waals surface area contributed by atoms with E-state index in [9.17, 15) is 9.59 Å². The number of rotatable bonds is 13. The maximum Gasteiger partial charge on any atom is 0.332 e. The van der Waals surface area contributed by atoms with Gasteiger partial charge in [-0.15, -0.1) is 0 Å². The molecule has 1 saturated heterocycles. The molecule has 3 aromatic rings. The molecule has 1 aliphatic rings. The van der Waals surface area contributed by atoms with Crippen molar-refractivity contribution in [3.8, 4) is 11.4 Å². The lowest BCUT2D eigenvalue weighted by Crippen LogP contribution is -2.45. The van der Waals surface area contributed by atoms with E-state index in [0.29, 0.717) is 43.1 Å². The fourth-order valence-corrected chi connectivity index (χ4v) is 5.69. The molecule has 0 spiro atoms. The third-order valence-electron chi connectivity index (χ3n) is 7.36. The third-order valence-corrected chi connectivity index (χ3v) is 9.06. The van der Waals surface area contributed by atoms with Crippen molar-refractivity contribution in [3.05, 3.63) is 33.2 Å². The summed E-state index contributed by atoms with van der Waals surface area (Å²) in [5.41, 5.74) is 1.06. The van der Waals surface area contributed by atoms with Crippen molar-refractivity contribution in [1.29, 1.82) is 0 Å². The summed E-state index contributed by atoms with van der Waals surface area (Å²) in [5.74, 6) is 0.611. The van der Waals surface area contributed by atoms with E-state index in [1.807, 2.05) is 29.3 Å². The second kappa shape index (κ2) is 12.8. The number of piperazine rings is 1. The summed E-state index contributed by atoms with van der Waals surface area (Å²) in [4.78, 5) is 36.7. The van der Waals surface area contributed by atoms with Crippen LogP contribution in [0.15, 0.2) is 22.0 Å². The zero-order valence-corrected chi connectivity index (χ0v) is 25.6. The maximum absolute atomic E-state index is 13.7. The number of hydrogen-bond acceptors (Lipinski definition) is 7. The van der Waals surface area contributed by atoms with Crippen LogP contribution in [0.4, 0.5) is 0 Å². The normalized spacial score (nSPS) is 15.5. The van der Waals surface area contributed by atoms with Gasteiger partial charge in [0.2, 0.25) is 0 Å². The first-order valence-electron chi connectivity index (χ1n) is 14.4. The van der Waals surface area contributed by atoms with Crippen LogP contribution in [0, 0.1) is 0 Å². The monoisotopic (exact) mass is 558 g/mol. The zero-order valence-electron chi connectivity index (χ0n) is 24.6. The number of nitrogens with zero attached hydrogens (tertiary/aromatic N) is 8. The molecule has 0 unspecified atom stereocenters. The average Bonchev–Trinajstić information content (AvgIpc) is 3.51. The van der Waals surface area contributed by atoms with Crippen LogP contribution in [0.25, 0.3) is 22.6 Å². The van der Waals surface area contributed by atoms with Crippen LogP contribution >= 0.6 is 0 Å². The Kier molecular flexibility index (Phi) is 9.63. The lowest BCUT2D eigenvalue weighted by molar-refractivity contribution is 0.0907. The molecule has 0 saturated carbocycles. The fourth-order valence-electron chi connectivity index (χ4n) is 4.93. The molecule has 216 valence electrons. The van der Waals surface area contributed by atoms with Gasteiger partial charge in [-0.25, -0.2) is 9.78 Å². The smallest absolute Gasteiger partial charge is 0.332 e. The Hall–Kier alpha value is -2.54. The molecule has 4 rings (SSSR count). The Bertz CT molecular complexity index is 1360. The van der Waals surface area contributed by atoms with Gasteiger partial charge in [0.1, 0.15) is 12.6 Å². The lowest BCUT2D eigenvalue weighted by Gasteiger charge is -2.32. The number of aromatic nitrogens is 6. The maximum atomic E-state index is 13.7. The van der Waals surface area contributed by atoms with Crippen molar-refractivity contribution < 1.29 is 4.74 Å². The van der Waals surface area contributed by atoms with Gasteiger partial charge in [-0.05, 0) is 25.9 Å². The van der Waals surface area contributed by atoms with Crippen LogP contribution in [-0.4, -0.2) is 92.7 Å². The Morgan fingerprint density at radius 2 is 1.62 bits per heavy atom. The van der Waals surface area contributed by atoms with E-state index in [1.165, 1.54) is 4.57 Å². The molecule has 3 aromatic heterocycles. The summed E-state index contributed by atoms with van der Waals surface area (Å²) in [7, 11) is 0.888. The quantitative estimate of drug-likeness (QED) is 0.235. The highest BCUT2D eigenvalue weighted by Gasteiger charge is 2.23. The Labute approximate surface area is 232 Å². The highest BCUT2D eigenvalue weighted by Crippen LogP contribution is 2.23. The van der Waals surface area contributed by atoms with E-state index < -0.39 is 8.07 Å². The van der Waals surface area contributed by atoms with Crippen molar-refractivity contribution in [3.63, 3.8) is 0 Å². The second-order valence-electron chi connectivity index (χ2n) is 11.9. The van der Waals surface area contributed by atoms with Crippen molar-refractivity contribution in [2.45, 2.75) is 78.7 Å². The highest BCUT2D eigenvalue weighted by molar-refractivity contribution is 6.76. The highest BCUT2D eigenvalue weighted by atomic mass is 28.3.